The Kier molecular flexibility index (Phi) is 5.62. The molecule has 1 aromatic carbocycles. The third kappa shape index (κ3) is 3.39. The van der Waals surface area contributed by atoms with Crippen LogP contribution in [0, 0.1) is 0 Å². The molecule has 1 atom stereocenters. The van der Waals surface area contributed by atoms with Crippen LogP contribution in [0.3, 0.4) is 0 Å². The molecule has 0 aliphatic carbocycles. The topological polar surface area (TPSA) is 55.8 Å². The summed E-state index contributed by atoms with van der Waals surface area (Å²) in [5, 5.41) is 9.75. The molecule has 0 bridgehead atoms. The van der Waals surface area contributed by atoms with Crippen molar-refractivity contribution in [3.8, 4) is 0 Å². The number of benzene rings is 1. The van der Waals surface area contributed by atoms with Gasteiger partial charge in [0.15, 0.2) is 6.10 Å². The molecule has 0 aliphatic rings. The first-order chi connectivity index (χ1) is 8.89. The Morgan fingerprint density at radius 3 is 2.11 bits per heavy atom. The highest BCUT2D eigenvalue weighted by molar-refractivity contribution is 7.55. The molecule has 108 valence electrons. The second-order valence-electron chi connectivity index (χ2n) is 3.73. The Labute approximate surface area is 110 Å². The van der Waals surface area contributed by atoms with Crippen molar-refractivity contribution < 1.29 is 27.5 Å². The predicted octanol–water partition coefficient (Wildman–Crippen LogP) is 3.58. The van der Waals surface area contributed by atoms with Crippen LogP contribution in [0.2, 0.25) is 0 Å². The van der Waals surface area contributed by atoms with Crippen molar-refractivity contribution in [2.24, 2.45) is 0 Å². The minimum absolute atomic E-state index is 0.0490. The summed E-state index contributed by atoms with van der Waals surface area (Å²) in [7, 11) is -4.73. The van der Waals surface area contributed by atoms with Gasteiger partial charge in [-0.05, 0) is 19.4 Å². The van der Waals surface area contributed by atoms with Crippen LogP contribution in [-0.2, 0) is 13.6 Å². The van der Waals surface area contributed by atoms with Crippen LogP contribution in [0.1, 0.15) is 25.5 Å². The number of aliphatic hydroxyl groups is 1. The van der Waals surface area contributed by atoms with Gasteiger partial charge in [-0.2, -0.15) is 8.78 Å². The number of aliphatic hydroxyl groups excluding tert-OH is 1. The highest BCUT2D eigenvalue weighted by Crippen LogP contribution is 2.65. The van der Waals surface area contributed by atoms with Crippen LogP contribution in [0.15, 0.2) is 30.3 Å². The summed E-state index contributed by atoms with van der Waals surface area (Å²) < 4.78 is 49.6. The average molecular weight is 294 g/mol. The minimum Gasteiger partial charge on any atom is -0.381 e. The quantitative estimate of drug-likeness (QED) is 0.781. The van der Waals surface area contributed by atoms with Crippen molar-refractivity contribution in [1.82, 2.24) is 0 Å². The molecular formula is C12H17F2O4P. The normalized spacial score (nSPS) is 14.4. The molecule has 4 nitrogen and oxygen atoms in total. The van der Waals surface area contributed by atoms with Gasteiger partial charge in [-0.15, -0.1) is 0 Å². The summed E-state index contributed by atoms with van der Waals surface area (Å²) in [6.07, 6.45) is -2.25. The number of halogens is 2. The summed E-state index contributed by atoms with van der Waals surface area (Å²) in [6.45, 7) is 2.45. The maximum atomic E-state index is 14.2. The first-order valence-electron chi connectivity index (χ1n) is 5.89. The lowest BCUT2D eigenvalue weighted by Crippen LogP contribution is -2.28. The van der Waals surface area contributed by atoms with Gasteiger partial charge in [0.2, 0.25) is 0 Å². The van der Waals surface area contributed by atoms with E-state index in [1.807, 2.05) is 0 Å². The van der Waals surface area contributed by atoms with E-state index in [-0.39, 0.29) is 18.8 Å². The van der Waals surface area contributed by atoms with Crippen molar-refractivity contribution in [2.45, 2.75) is 25.6 Å². The van der Waals surface area contributed by atoms with E-state index in [1.54, 1.807) is 6.07 Å². The van der Waals surface area contributed by atoms with Gasteiger partial charge in [-0.1, -0.05) is 30.3 Å². The lowest BCUT2D eigenvalue weighted by atomic mass is 10.1. The van der Waals surface area contributed by atoms with E-state index in [0.717, 1.165) is 0 Å². The monoisotopic (exact) mass is 294 g/mol. The molecule has 1 rings (SSSR count). The zero-order valence-corrected chi connectivity index (χ0v) is 11.6. The predicted molar refractivity (Wildman–Crippen MR) is 67.2 cm³/mol. The van der Waals surface area contributed by atoms with Crippen LogP contribution < -0.4 is 0 Å². The summed E-state index contributed by atoms with van der Waals surface area (Å²) in [4.78, 5) is 0. The average Bonchev–Trinajstić information content (AvgIpc) is 2.39. The molecule has 0 saturated heterocycles. The maximum Gasteiger partial charge on any atom is 0.402 e. The van der Waals surface area contributed by atoms with E-state index >= 15 is 0 Å². The molecule has 7 heteroatoms. The molecule has 0 heterocycles. The SMILES string of the molecule is CCOP(=O)(OCC)C(F)(F)[C@@H](O)c1ccccc1. The summed E-state index contributed by atoms with van der Waals surface area (Å²) in [5.74, 6) is 0. The van der Waals surface area contributed by atoms with Crippen molar-refractivity contribution in [3.63, 3.8) is 0 Å². The fourth-order valence-corrected chi connectivity index (χ4v) is 3.08. The molecule has 0 unspecified atom stereocenters. The van der Waals surface area contributed by atoms with E-state index in [4.69, 9.17) is 0 Å². The third-order valence-corrected chi connectivity index (χ3v) is 4.58. The fourth-order valence-electron chi connectivity index (χ4n) is 1.53. The number of hydrogen-bond acceptors (Lipinski definition) is 4. The van der Waals surface area contributed by atoms with E-state index in [0.29, 0.717) is 0 Å². The summed E-state index contributed by atoms with van der Waals surface area (Å²) in [5.41, 5.74) is -4.06. The van der Waals surface area contributed by atoms with E-state index in [1.165, 1.54) is 38.1 Å². The van der Waals surface area contributed by atoms with Crippen molar-refractivity contribution in [2.75, 3.05) is 13.2 Å². The Bertz CT molecular complexity index is 429. The lowest BCUT2D eigenvalue weighted by Gasteiger charge is -2.29. The minimum atomic E-state index is -4.73. The maximum absolute atomic E-state index is 14.2. The van der Waals surface area contributed by atoms with E-state index < -0.39 is 19.4 Å². The van der Waals surface area contributed by atoms with Crippen molar-refractivity contribution >= 4 is 7.60 Å². The molecule has 0 amide bonds. The molecule has 0 fully saturated rings. The van der Waals surface area contributed by atoms with Gasteiger partial charge in [-0.25, -0.2) is 0 Å². The molecule has 0 radical (unpaired) electrons. The Balaban J connectivity index is 3.09. The van der Waals surface area contributed by atoms with E-state index in [9.17, 15) is 18.5 Å². The summed E-state index contributed by atoms with van der Waals surface area (Å²) in [6, 6.07) is 7.27. The molecular weight excluding hydrogens is 277 g/mol. The van der Waals surface area contributed by atoms with Crippen LogP contribution in [0.5, 0.6) is 0 Å². The first kappa shape index (κ1) is 16.2. The van der Waals surface area contributed by atoms with E-state index in [2.05, 4.69) is 9.05 Å². The zero-order valence-electron chi connectivity index (χ0n) is 10.8. The Morgan fingerprint density at radius 1 is 1.21 bits per heavy atom. The lowest BCUT2D eigenvalue weighted by molar-refractivity contribution is -0.0676. The van der Waals surface area contributed by atoms with Gasteiger partial charge in [0, 0.05) is 0 Å². The Hall–Kier alpha value is -0.810. The number of alkyl halides is 2. The van der Waals surface area contributed by atoms with Crippen molar-refractivity contribution in [3.05, 3.63) is 35.9 Å². The third-order valence-electron chi connectivity index (χ3n) is 2.41. The largest absolute Gasteiger partial charge is 0.402 e. The smallest absolute Gasteiger partial charge is 0.381 e. The fraction of sp³-hybridized carbons (Fsp3) is 0.500. The molecule has 0 aromatic heterocycles. The first-order valence-corrected chi connectivity index (χ1v) is 7.43. The second-order valence-corrected chi connectivity index (χ2v) is 5.84. The molecule has 1 N–H and O–H groups in total. The van der Waals surface area contributed by atoms with Gasteiger partial charge < -0.3 is 14.2 Å². The number of hydrogen-bond donors (Lipinski definition) is 1. The molecule has 19 heavy (non-hydrogen) atoms. The Morgan fingerprint density at radius 2 is 1.68 bits per heavy atom. The van der Waals surface area contributed by atoms with Crippen LogP contribution in [-0.4, -0.2) is 24.0 Å². The highest BCUT2D eigenvalue weighted by atomic mass is 31.2. The van der Waals surface area contributed by atoms with Gasteiger partial charge in [0.05, 0.1) is 13.2 Å². The van der Waals surface area contributed by atoms with Crippen LogP contribution in [0.25, 0.3) is 0 Å². The molecule has 0 spiro atoms. The molecule has 1 aromatic rings. The standard InChI is InChI=1S/C12H17F2O4P/c1-3-17-19(16,18-4-2)12(13,14)11(15)10-8-6-5-7-9-10/h5-9,11,15H,3-4H2,1-2H3/t11-/m0/s1. The van der Waals surface area contributed by atoms with Gasteiger partial charge in [0.25, 0.3) is 0 Å². The second kappa shape index (κ2) is 6.57. The van der Waals surface area contributed by atoms with Crippen LogP contribution >= 0.6 is 7.60 Å². The van der Waals surface area contributed by atoms with Crippen LogP contribution in [0.4, 0.5) is 8.78 Å². The molecule has 0 saturated carbocycles. The number of rotatable bonds is 7. The van der Waals surface area contributed by atoms with Gasteiger partial charge in [-0.3, -0.25) is 4.57 Å². The molecule has 0 aliphatic heterocycles. The highest BCUT2D eigenvalue weighted by Gasteiger charge is 2.59. The van der Waals surface area contributed by atoms with Crippen molar-refractivity contribution in [1.29, 1.82) is 0 Å². The van der Waals surface area contributed by atoms with Gasteiger partial charge in [0.1, 0.15) is 0 Å². The van der Waals surface area contributed by atoms with Gasteiger partial charge >= 0.3 is 13.3 Å². The zero-order chi connectivity index (χ0) is 14.5. The summed E-state index contributed by atoms with van der Waals surface area (Å²) >= 11 is 0.